The summed E-state index contributed by atoms with van der Waals surface area (Å²) in [5.41, 5.74) is 3.88. The number of benzene rings is 2. The van der Waals surface area contributed by atoms with E-state index in [1.165, 1.54) is 0 Å². The SMILES string of the molecule is Cc1ccc2c(c1)[C@@H]1[C@H](C=C(C=O)[C@@H](C)[C@]13C(=O)Nc1ccccc13)[C@@H](C)O2. The molecule has 0 aromatic heterocycles. The summed E-state index contributed by atoms with van der Waals surface area (Å²) in [4.78, 5) is 25.6. The lowest BCUT2D eigenvalue weighted by atomic mass is 9.52. The summed E-state index contributed by atoms with van der Waals surface area (Å²) in [6.45, 7) is 6.09. The Hall–Kier alpha value is -2.88. The summed E-state index contributed by atoms with van der Waals surface area (Å²) in [5.74, 6) is 0.445. The molecule has 0 fully saturated rings. The van der Waals surface area contributed by atoms with Crippen LogP contribution in [0.5, 0.6) is 5.75 Å². The molecule has 142 valence electrons. The third-order valence-electron chi connectivity index (χ3n) is 6.93. The van der Waals surface area contributed by atoms with E-state index >= 15 is 0 Å². The quantitative estimate of drug-likeness (QED) is 0.765. The van der Waals surface area contributed by atoms with Gasteiger partial charge in [0.2, 0.25) is 5.91 Å². The van der Waals surface area contributed by atoms with Crippen molar-refractivity contribution in [2.45, 2.75) is 38.2 Å². The van der Waals surface area contributed by atoms with Crippen LogP contribution in [0.1, 0.15) is 36.5 Å². The minimum absolute atomic E-state index is 0.0230. The van der Waals surface area contributed by atoms with Gasteiger partial charge in [-0.25, -0.2) is 0 Å². The van der Waals surface area contributed by atoms with E-state index in [0.29, 0.717) is 5.57 Å². The molecule has 1 amide bonds. The molecule has 3 aliphatic rings. The average Bonchev–Trinajstić information content (AvgIpc) is 2.97. The molecule has 4 heteroatoms. The highest BCUT2D eigenvalue weighted by Crippen LogP contribution is 2.61. The van der Waals surface area contributed by atoms with Gasteiger partial charge >= 0.3 is 0 Å². The fraction of sp³-hybridized carbons (Fsp3) is 0.333. The maximum Gasteiger partial charge on any atom is 0.236 e. The number of carbonyl (C=O) groups excluding carboxylic acids is 2. The van der Waals surface area contributed by atoms with Gasteiger partial charge in [-0.1, -0.05) is 48.9 Å². The maximum absolute atomic E-state index is 13.6. The molecule has 0 saturated heterocycles. The van der Waals surface area contributed by atoms with E-state index in [1.807, 2.05) is 56.3 Å². The molecule has 28 heavy (non-hydrogen) atoms. The number of ether oxygens (including phenoxy) is 1. The molecule has 0 saturated carbocycles. The molecule has 1 aliphatic carbocycles. The Morgan fingerprint density at radius 3 is 2.71 bits per heavy atom. The van der Waals surface area contributed by atoms with Gasteiger partial charge in [-0.2, -0.15) is 0 Å². The van der Waals surface area contributed by atoms with Crippen molar-refractivity contribution in [2.75, 3.05) is 5.32 Å². The molecular formula is C24H23NO3. The summed E-state index contributed by atoms with van der Waals surface area (Å²) in [5, 5.41) is 3.10. The fourth-order valence-electron chi connectivity index (χ4n) is 5.64. The number of fused-ring (bicyclic) bond motifs is 6. The predicted molar refractivity (Wildman–Crippen MR) is 108 cm³/mol. The predicted octanol–water partition coefficient (Wildman–Crippen LogP) is 4.14. The van der Waals surface area contributed by atoms with Crippen molar-refractivity contribution in [2.24, 2.45) is 11.8 Å². The van der Waals surface area contributed by atoms with Crippen LogP contribution in [0.2, 0.25) is 0 Å². The number of para-hydroxylation sites is 1. The second-order valence-corrected chi connectivity index (χ2v) is 8.29. The van der Waals surface area contributed by atoms with Crippen LogP contribution >= 0.6 is 0 Å². The minimum Gasteiger partial charge on any atom is -0.490 e. The molecule has 2 aromatic carbocycles. The van der Waals surface area contributed by atoms with Gasteiger partial charge in [0.15, 0.2) is 0 Å². The molecule has 1 spiro atoms. The zero-order valence-electron chi connectivity index (χ0n) is 16.2. The summed E-state index contributed by atoms with van der Waals surface area (Å²) >= 11 is 0. The number of anilines is 1. The van der Waals surface area contributed by atoms with Crippen molar-refractivity contribution in [1.29, 1.82) is 0 Å². The summed E-state index contributed by atoms with van der Waals surface area (Å²) in [7, 11) is 0. The van der Waals surface area contributed by atoms with Crippen LogP contribution in [-0.4, -0.2) is 18.3 Å². The lowest BCUT2D eigenvalue weighted by Crippen LogP contribution is -2.55. The first kappa shape index (κ1) is 17.2. The van der Waals surface area contributed by atoms with E-state index in [1.54, 1.807) is 0 Å². The Kier molecular flexibility index (Phi) is 3.57. The molecule has 2 heterocycles. The monoisotopic (exact) mass is 373 g/mol. The molecule has 1 N–H and O–H groups in total. The summed E-state index contributed by atoms with van der Waals surface area (Å²) in [6.07, 6.45) is 2.83. The first-order chi connectivity index (χ1) is 13.5. The third-order valence-corrected chi connectivity index (χ3v) is 6.93. The van der Waals surface area contributed by atoms with Crippen molar-refractivity contribution in [3.05, 3.63) is 70.8 Å². The van der Waals surface area contributed by atoms with Crippen molar-refractivity contribution >= 4 is 17.9 Å². The van der Waals surface area contributed by atoms with E-state index in [0.717, 1.165) is 34.4 Å². The Morgan fingerprint density at radius 2 is 1.93 bits per heavy atom. The smallest absolute Gasteiger partial charge is 0.236 e. The summed E-state index contributed by atoms with van der Waals surface area (Å²) < 4.78 is 6.22. The van der Waals surface area contributed by atoms with Gasteiger partial charge in [0.1, 0.15) is 18.1 Å². The van der Waals surface area contributed by atoms with E-state index < -0.39 is 5.41 Å². The van der Waals surface area contributed by atoms with Gasteiger partial charge in [-0.05, 0) is 42.7 Å². The Balaban J connectivity index is 1.87. The lowest BCUT2D eigenvalue weighted by Gasteiger charge is -2.51. The number of aryl methyl sites for hydroxylation is 1. The Labute approximate surface area is 164 Å². The molecular weight excluding hydrogens is 350 g/mol. The molecule has 5 rings (SSSR count). The maximum atomic E-state index is 13.6. The van der Waals surface area contributed by atoms with E-state index in [2.05, 4.69) is 18.3 Å². The van der Waals surface area contributed by atoms with Gasteiger partial charge in [0.25, 0.3) is 0 Å². The van der Waals surface area contributed by atoms with Crippen molar-refractivity contribution < 1.29 is 14.3 Å². The molecule has 0 unspecified atom stereocenters. The summed E-state index contributed by atoms with van der Waals surface area (Å²) in [6, 6.07) is 14.1. The zero-order chi connectivity index (χ0) is 19.6. The number of nitrogens with one attached hydrogen (secondary N) is 1. The molecule has 0 bridgehead atoms. The van der Waals surface area contributed by atoms with Gasteiger partial charge in [-0.3, -0.25) is 9.59 Å². The Bertz CT molecular complexity index is 1040. The van der Waals surface area contributed by atoms with Gasteiger partial charge in [0, 0.05) is 23.4 Å². The van der Waals surface area contributed by atoms with E-state index in [-0.39, 0.29) is 29.8 Å². The second-order valence-electron chi connectivity index (χ2n) is 8.29. The van der Waals surface area contributed by atoms with Crippen LogP contribution < -0.4 is 10.1 Å². The molecule has 5 atom stereocenters. The topological polar surface area (TPSA) is 55.4 Å². The average molecular weight is 373 g/mol. The van der Waals surface area contributed by atoms with Crippen molar-refractivity contribution in [1.82, 2.24) is 0 Å². The van der Waals surface area contributed by atoms with Crippen LogP contribution in [0.25, 0.3) is 0 Å². The first-order valence-electron chi connectivity index (χ1n) is 9.83. The number of rotatable bonds is 1. The molecule has 2 aromatic rings. The van der Waals surface area contributed by atoms with Gasteiger partial charge < -0.3 is 10.1 Å². The Morgan fingerprint density at radius 1 is 1.14 bits per heavy atom. The molecule has 2 aliphatic heterocycles. The van der Waals surface area contributed by atoms with Gasteiger partial charge in [-0.15, -0.1) is 0 Å². The number of carbonyl (C=O) groups is 2. The van der Waals surface area contributed by atoms with Crippen LogP contribution in [0.3, 0.4) is 0 Å². The normalized spacial score (nSPS) is 32.5. The molecule has 0 radical (unpaired) electrons. The number of hydrogen-bond acceptors (Lipinski definition) is 3. The van der Waals surface area contributed by atoms with Crippen LogP contribution in [0.15, 0.2) is 54.1 Å². The second kappa shape index (κ2) is 5.81. The van der Waals surface area contributed by atoms with Crippen LogP contribution in [-0.2, 0) is 15.0 Å². The lowest BCUT2D eigenvalue weighted by molar-refractivity contribution is -0.125. The van der Waals surface area contributed by atoms with Crippen molar-refractivity contribution in [3.63, 3.8) is 0 Å². The molecule has 4 nitrogen and oxygen atoms in total. The van der Waals surface area contributed by atoms with Gasteiger partial charge in [0.05, 0.1) is 5.41 Å². The highest BCUT2D eigenvalue weighted by molar-refractivity contribution is 6.08. The van der Waals surface area contributed by atoms with Crippen LogP contribution in [0, 0.1) is 18.8 Å². The zero-order valence-corrected chi connectivity index (χ0v) is 16.2. The largest absolute Gasteiger partial charge is 0.490 e. The number of allylic oxidation sites excluding steroid dienone is 1. The van der Waals surface area contributed by atoms with Crippen LogP contribution in [0.4, 0.5) is 5.69 Å². The highest BCUT2D eigenvalue weighted by atomic mass is 16.5. The minimum atomic E-state index is -0.827. The third kappa shape index (κ3) is 2.00. The fourth-order valence-corrected chi connectivity index (χ4v) is 5.64. The number of aldehydes is 1. The van der Waals surface area contributed by atoms with E-state index in [4.69, 9.17) is 4.74 Å². The van der Waals surface area contributed by atoms with E-state index in [9.17, 15) is 9.59 Å². The number of hydrogen-bond donors (Lipinski definition) is 1. The first-order valence-corrected chi connectivity index (χ1v) is 9.83. The number of amides is 1. The standard InChI is InChI=1S/C24H23NO3/c1-13-8-9-21-18(10-13)22-17(15(3)28-21)11-16(12-26)14(2)24(22)19-6-4-5-7-20(19)25-23(24)27/h4-12,14-15,17,22H,1-3H3,(H,25,27)/t14-,15-,17-,22+,24-/m1/s1. The highest BCUT2D eigenvalue weighted by Gasteiger charge is 2.62. The van der Waals surface area contributed by atoms with Crippen molar-refractivity contribution in [3.8, 4) is 5.75 Å².